The van der Waals surface area contributed by atoms with Gasteiger partial charge in [0.1, 0.15) is 0 Å². The Labute approximate surface area is 119 Å². The minimum atomic E-state index is -0.484. The van der Waals surface area contributed by atoms with E-state index in [0.29, 0.717) is 17.3 Å². The third kappa shape index (κ3) is 2.51. The molecule has 0 aromatic carbocycles. The fourth-order valence-electron chi connectivity index (χ4n) is 3.27. The third-order valence-corrected chi connectivity index (χ3v) is 4.52. The second kappa shape index (κ2) is 5.43. The van der Waals surface area contributed by atoms with Gasteiger partial charge in [-0.25, -0.2) is 4.79 Å². The fraction of sp³-hybridized carbons (Fsp3) is 0.625. The van der Waals surface area contributed by atoms with Gasteiger partial charge in [0, 0.05) is 11.6 Å². The molecule has 0 spiro atoms. The van der Waals surface area contributed by atoms with E-state index in [1.165, 1.54) is 37.4 Å². The van der Waals surface area contributed by atoms with Crippen LogP contribution in [0.1, 0.15) is 66.6 Å². The van der Waals surface area contributed by atoms with E-state index in [-0.39, 0.29) is 5.69 Å². The van der Waals surface area contributed by atoms with Gasteiger partial charge in [-0.1, -0.05) is 12.8 Å². The lowest BCUT2D eigenvalue weighted by Crippen LogP contribution is -2.36. The first-order chi connectivity index (χ1) is 9.70. The van der Waals surface area contributed by atoms with Crippen LogP contribution in [0.2, 0.25) is 0 Å². The molecule has 1 aromatic rings. The molecule has 108 valence electrons. The Morgan fingerprint density at radius 3 is 2.90 bits per heavy atom. The van der Waals surface area contributed by atoms with Crippen molar-refractivity contribution in [2.24, 2.45) is 5.92 Å². The number of hydrogen-bond donors (Lipinski definition) is 0. The third-order valence-electron chi connectivity index (χ3n) is 4.52. The normalized spacial score (nSPS) is 20.8. The van der Waals surface area contributed by atoms with Gasteiger partial charge in [0.05, 0.1) is 6.61 Å². The Hall–Kier alpha value is -1.58. The Morgan fingerprint density at radius 1 is 1.40 bits per heavy atom. The van der Waals surface area contributed by atoms with Gasteiger partial charge in [-0.3, -0.25) is 0 Å². The number of rotatable bonds is 5. The zero-order valence-electron chi connectivity index (χ0n) is 11.9. The number of carbonyl (C=O) groups excluding carboxylic acids is 1. The van der Waals surface area contributed by atoms with Crippen LogP contribution in [0.15, 0.2) is 12.3 Å². The topological polar surface area (TPSA) is 53.2 Å². The van der Waals surface area contributed by atoms with Crippen molar-refractivity contribution in [3.63, 3.8) is 0 Å². The van der Waals surface area contributed by atoms with Gasteiger partial charge < -0.3 is 9.94 Å². The van der Waals surface area contributed by atoms with Gasteiger partial charge in [-0.15, -0.1) is 0 Å². The second-order valence-electron chi connectivity index (χ2n) is 5.90. The van der Waals surface area contributed by atoms with Crippen LogP contribution in [0.25, 0.3) is 0 Å². The first kappa shape index (κ1) is 13.4. The smallest absolute Gasteiger partial charge is 0.405 e. The van der Waals surface area contributed by atoms with E-state index in [4.69, 9.17) is 4.74 Å². The van der Waals surface area contributed by atoms with E-state index < -0.39 is 5.97 Å². The number of aromatic nitrogens is 1. The quantitative estimate of drug-likeness (QED) is 0.471. The highest BCUT2D eigenvalue weighted by atomic mass is 16.5. The molecule has 0 unspecified atom stereocenters. The monoisotopic (exact) mass is 275 g/mol. The summed E-state index contributed by atoms with van der Waals surface area (Å²) in [7, 11) is 0. The van der Waals surface area contributed by atoms with Crippen LogP contribution < -0.4 is 4.73 Å². The average Bonchev–Trinajstić information content (AvgIpc) is 3.17. The van der Waals surface area contributed by atoms with Gasteiger partial charge in [0.2, 0.25) is 0 Å². The molecule has 1 fully saturated rings. The Balaban J connectivity index is 1.83. The highest BCUT2D eigenvalue weighted by molar-refractivity contribution is 5.88. The van der Waals surface area contributed by atoms with Crippen LogP contribution in [0.4, 0.5) is 0 Å². The SMILES string of the molecule is CCOC(=O)c1c2c(cc[n+]1[O-])[C@H](CCC1CC1)CC2. The molecule has 1 aromatic heterocycles. The predicted molar refractivity (Wildman–Crippen MR) is 74.4 cm³/mol. The van der Waals surface area contributed by atoms with Crippen molar-refractivity contribution in [2.75, 3.05) is 6.61 Å². The predicted octanol–water partition coefficient (Wildman–Crippen LogP) is 2.72. The molecule has 3 rings (SSSR count). The maximum atomic E-state index is 12.0. The van der Waals surface area contributed by atoms with Gasteiger partial charge in [0.15, 0.2) is 6.20 Å². The summed E-state index contributed by atoms with van der Waals surface area (Å²) in [4.78, 5) is 12.0. The number of esters is 1. The van der Waals surface area contributed by atoms with Crippen LogP contribution in [0.3, 0.4) is 0 Å². The maximum absolute atomic E-state index is 12.0. The van der Waals surface area contributed by atoms with Crippen molar-refractivity contribution in [3.8, 4) is 0 Å². The Bertz CT molecular complexity index is 523. The summed E-state index contributed by atoms with van der Waals surface area (Å²) in [5.41, 5.74) is 2.32. The summed E-state index contributed by atoms with van der Waals surface area (Å²) in [5, 5.41) is 11.9. The lowest BCUT2D eigenvalue weighted by atomic mass is 9.95. The molecule has 1 atom stereocenters. The van der Waals surface area contributed by atoms with Crippen LogP contribution in [-0.4, -0.2) is 12.6 Å². The van der Waals surface area contributed by atoms with Crippen molar-refractivity contribution in [3.05, 3.63) is 34.3 Å². The zero-order valence-corrected chi connectivity index (χ0v) is 11.9. The standard InChI is InChI=1S/C16H21NO3/c1-2-20-16(18)15-14-8-7-12(6-5-11-3-4-11)13(14)9-10-17(15)19/h9-12H,2-8H2,1H3/t12-/m1/s1. The summed E-state index contributed by atoms with van der Waals surface area (Å²) < 4.78 is 5.68. The Kier molecular flexibility index (Phi) is 3.64. The molecule has 0 saturated heterocycles. The molecule has 2 aliphatic rings. The van der Waals surface area contributed by atoms with Crippen LogP contribution >= 0.6 is 0 Å². The summed E-state index contributed by atoms with van der Waals surface area (Å²) >= 11 is 0. The summed E-state index contributed by atoms with van der Waals surface area (Å²) in [6, 6.07) is 1.90. The lowest BCUT2D eigenvalue weighted by molar-refractivity contribution is -0.608. The fourth-order valence-corrected chi connectivity index (χ4v) is 3.27. The van der Waals surface area contributed by atoms with E-state index in [0.717, 1.165) is 24.3 Å². The first-order valence-electron chi connectivity index (χ1n) is 7.62. The second-order valence-corrected chi connectivity index (χ2v) is 5.90. The maximum Gasteiger partial charge on any atom is 0.405 e. The molecule has 0 bridgehead atoms. The number of carbonyl (C=O) groups is 1. The number of pyridine rings is 1. The van der Waals surface area contributed by atoms with Crippen molar-refractivity contribution in [2.45, 2.75) is 51.4 Å². The number of fused-ring (bicyclic) bond motifs is 1. The van der Waals surface area contributed by atoms with Crippen LogP contribution in [-0.2, 0) is 11.2 Å². The van der Waals surface area contributed by atoms with Gasteiger partial charge in [-0.2, -0.15) is 4.73 Å². The highest BCUT2D eigenvalue weighted by Gasteiger charge is 2.34. The summed E-state index contributed by atoms with van der Waals surface area (Å²) in [6.45, 7) is 2.06. The van der Waals surface area contributed by atoms with Gasteiger partial charge in [-0.05, 0) is 50.0 Å². The summed E-state index contributed by atoms with van der Waals surface area (Å²) in [5.74, 6) is 0.957. The molecule has 0 radical (unpaired) electrons. The molecule has 0 aliphatic heterocycles. The molecular weight excluding hydrogens is 254 g/mol. The van der Waals surface area contributed by atoms with E-state index in [1.54, 1.807) is 6.92 Å². The summed E-state index contributed by atoms with van der Waals surface area (Å²) in [6.07, 6.45) is 8.56. The lowest BCUT2D eigenvalue weighted by Gasteiger charge is -2.12. The minimum absolute atomic E-state index is 0.207. The average molecular weight is 275 g/mol. The molecule has 20 heavy (non-hydrogen) atoms. The van der Waals surface area contributed by atoms with E-state index >= 15 is 0 Å². The van der Waals surface area contributed by atoms with Crippen LogP contribution in [0, 0.1) is 11.1 Å². The highest BCUT2D eigenvalue weighted by Crippen LogP contribution is 2.41. The van der Waals surface area contributed by atoms with Crippen molar-refractivity contribution in [1.82, 2.24) is 0 Å². The molecule has 0 N–H and O–H groups in total. The number of hydrogen-bond acceptors (Lipinski definition) is 3. The Morgan fingerprint density at radius 2 is 2.20 bits per heavy atom. The zero-order chi connectivity index (χ0) is 14.1. The van der Waals surface area contributed by atoms with Gasteiger partial charge in [0.25, 0.3) is 0 Å². The minimum Gasteiger partial charge on any atom is -0.618 e. The molecule has 4 heteroatoms. The van der Waals surface area contributed by atoms with E-state index in [1.807, 2.05) is 6.07 Å². The first-order valence-corrected chi connectivity index (χ1v) is 7.62. The molecule has 1 heterocycles. The van der Waals surface area contributed by atoms with Crippen molar-refractivity contribution >= 4 is 5.97 Å². The molecule has 2 aliphatic carbocycles. The molecule has 1 saturated carbocycles. The number of nitrogens with zero attached hydrogens (tertiary/aromatic N) is 1. The van der Waals surface area contributed by atoms with E-state index in [9.17, 15) is 10.0 Å². The largest absolute Gasteiger partial charge is 0.618 e. The number of ether oxygens (including phenoxy) is 1. The van der Waals surface area contributed by atoms with E-state index in [2.05, 4.69) is 0 Å². The molecule has 0 amide bonds. The molecular formula is C16H21NO3. The van der Waals surface area contributed by atoms with Crippen molar-refractivity contribution in [1.29, 1.82) is 0 Å². The molecule has 4 nitrogen and oxygen atoms in total. The van der Waals surface area contributed by atoms with Crippen LogP contribution in [0.5, 0.6) is 0 Å². The van der Waals surface area contributed by atoms with Crippen molar-refractivity contribution < 1.29 is 14.3 Å². The van der Waals surface area contributed by atoms with Gasteiger partial charge >= 0.3 is 11.7 Å².